The average Bonchev–Trinajstić information content (AvgIpc) is 2.82. The van der Waals surface area contributed by atoms with Crippen molar-refractivity contribution in [2.75, 3.05) is 31.5 Å². The molecule has 94 valence electrons. The van der Waals surface area contributed by atoms with Crippen molar-refractivity contribution in [3.8, 4) is 0 Å². The van der Waals surface area contributed by atoms with E-state index in [9.17, 15) is 4.79 Å². The number of thiazole rings is 1. The van der Waals surface area contributed by atoms with E-state index in [4.69, 9.17) is 5.73 Å². The number of carbonyl (C=O) groups is 1. The number of rotatable bonds is 4. The number of likely N-dealkylation sites (tertiary alicyclic amines) is 1. The minimum Gasteiger partial charge on any atom is -0.330 e. The molecule has 5 nitrogen and oxygen atoms in total. The fourth-order valence-corrected chi connectivity index (χ4v) is 2.68. The number of nitrogens with one attached hydrogen (secondary N) is 1. The van der Waals surface area contributed by atoms with Crippen LogP contribution in [0.25, 0.3) is 0 Å². The van der Waals surface area contributed by atoms with Gasteiger partial charge in [-0.15, -0.1) is 11.3 Å². The van der Waals surface area contributed by atoms with Crippen LogP contribution in [0.3, 0.4) is 0 Å². The molecule has 1 aliphatic rings. The second-order valence-corrected chi connectivity index (χ2v) is 5.26. The smallest absolute Gasteiger partial charge is 0.240 e. The SMILES string of the molecule is NCC1CCCN(CC(=O)Nc2nccs2)C1. The van der Waals surface area contributed by atoms with Crippen molar-refractivity contribution in [1.82, 2.24) is 9.88 Å². The minimum absolute atomic E-state index is 0.0117. The van der Waals surface area contributed by atoms with Gasteiger partial charge in [-0.1, -0.05) is 0 Å². The van der Waals surface area contributed by atoms with Crippen LogP contribution >= 0.6 is 11.3 Å². The van der Waals surface area contributed by atoms with Gasteiger partial charge in [0.05, 0.1) is 6.54 Å². The van der Waals surface area contributed by atoms with Gasteiger partial charge in [0.25, 0.3) is 0 Å². The van der Waals surface area contributed by atoms with E-state index in [0.29, 0.717) is 24.1 Å². The third-order valence-corrected chi connectivity index (χ3v) is 3.67. The number of piperidine rings is 1. The Bertz CT molecular complexity index is 354. The molecule has 1 unspecified atom stereocenters. The van der Waals surface area contributed by atoms with Crippen LogP contribution in [0.4, 0.5) is 5.13 Å². The van der Waals surface area contributed by atoms with Crippen LogP contribution in [0.2, 0.25) is 0 Å². The first kappa shape index (κ1) is 12.5. The van der Waals surface area contributed by atoms with Crippen LogP contribution < -0.4 is 11.1 Å². The standard InChI is InChI=1S/C11H18N4OS/c12-6-9-2-1-4-15(7-9)8-10(16)14-11-13-3-5-17-11/h3,5,9H,1-2,4,6-8,12H2,(H,13,14,16). The maximum Gasteiger partial charge on any atom is 0.240 e. The second kappa shape index (κ2) is 6.09. The van der Waals surface area contributed by atoms with Crippen molar-refractivity contribution in [2.24, 2.45) is 11.7 Å². The number of hydrogen-bond donors (Lipinski definition) is 2. The summed E-state index contributed by atoms with van der Waals surface area (Å²) in [5.41, 5.74) is 5.67. The summed E-state index contributed by atoms with van der Waals surface area (Å²) in [5, 5.41) is 5.31. The van der Waals surface area contributed by atoms with E-state index < -0.39 is 0 Å². The maximum absolute atomic E-state index is 11.8. The van der Waals surface area contributed by atoms with Gasteiger partial charge in [-0.3, -0.25) is 9.69 Å². The quantitative estimate of drug-likeness (QED) is 0.832. The third kappa shape index (κ3) is 3.76. The molecule has 0 bridgehead atoms. The molecular weight excluding hydrogens is 236 g/mol. The van der Waals surface area contributed by atoms with E-state index in [1.807, 2.05) is 5.38 Å². The molecular formula is C11H18N4OS. The molecule has 2 heterocycles. The largest absolute Gasteiger partial charge is 0.330 e. The van der Waals surface area contributed by atoms with Crippen molar-refractivity contribution >= 4 is 22.4 Å². The fraction of sp³-hybridized carbons (Fsp3) is 0.636. The predicted molar refractivity (Wildman–Crippen MR) is 69.0 cm³/mol. The molecule has 1 saturated heterocycles. The van der Waals surface area contributed by atoms with Crippen LogP contribution in [0.5, 0.6) is 0 Å². The Hall–Kier alpha value is -0.980. The lowest BCUT2D eigenvalue weighted by molar-refractivity contribution is -0.117. The Kier molecular flexibility index (Phi) is 4.47. The maximum atomic E-state index is 11.8. The van der Waals surface area contributed by atoms with E-state index in [-0.39, 0.29) is 5.91 Å². The van der Waals surface area contributed by atoms with Gasteiger partial charge in [0.1, 0.15) is 0 Å². The van der Waals surface area contributed by atoms with Crippen molar-refractivity contribution in [3.63, 3.8) is 0 Å². The molecule has 1 aromatic heterocycles. The van der Waals surface area contributed by atoms with Gasteiger partial charge in [0, 0.05) is 18.1 Å². The summed E-state index contributed by atoms with van der Waals surface area (Å²) in [7, 11) is 0. The highest BCUT2D eigenvalue weighted by molar-refractivity contribution is 7.13. The van der Waals surface area contributed by atoms with Gasteiger partial charge in [0.2, 0.25) is 5.91 Å². The molecule has 1 amide bonds. The highest BCUT2D eigenvalue weighted by atomic mass is 32.1. The lowest BCUT2D eigenvalue weighted by atomic mass is 9.98. The summed E-state index contributed by atoms with van der Waals surface area (Å²) < 4.78 is 0. The third-order valence-electron chi connectivity index (χ3n) is 2.98. The number of aromatic nitrogens is 1. The average molecular weight is 254 g/mol. The van der Waals surface area contributed by atoms with Gasteiger partial charge in [0.15, 0.2) is 5.13 Å². The number of hydrogen-bond acceptors (Lipinski definition) is 5. The Morgan fingerprint density at radius 3 is 3.29 bits per heavy atom. The van der Waals surface area contributed by atoms with E-state index in [1.54, 1.807) is 6.20 Å². The molecule has 3 N–H and O–H groups in total. The lowest BCUT2D eigenvalue weighted by Crippen LogP contribution is -2.42. The van der Waals surface area contributed by atoms with Gasteiger partial charge in [-0.25, -0.2) is 4.98 Å². The number of carbonyl (C=O) groups excluding carboxylic acids is 1. The Morgan fingerprint density at radius 1 is 1.71 bits per heavy atom. The normalized spacial score (nSPS) is 21.4. The zero-order valence-corrected chi connectivity index (χ0v) is 10.6. The fourth-order valence-electron chi connectivity index (χ4n) is 2.13. The Morgan fingerprint density at radius 2 is 2.59 bits per heavy atom. The molecule has 0 radical (unpaired) electrons. The van der Waals surface area contributed by atoms with Gasteiger partial charge in [-0.05, 0) is 31.8 Å². The summed E-state index contributed by atoms with van der Waals surface area (Å²) in [5.74, 6) is 0.550. The van der Waals surface area contributed by atoms with Crippen molar-refractivity contribution < 1.29 is 4.79 Å². The summed E-state index contributed by atoms with van der Waals surface area (Å²) in [6, 6.07) is 0. The Balaban J connectivity index is 1.78. The highest BCUT2D eigenvalue weighted by Gasteiger charge is 2.20. The topological polar surface area (TPSA) is 71.2 Å². The van der Waals surface area contributed by atoms with E-state index >= 15 is 0 Å². The number of nitrogens with two attached hydrogens (primary N) is 1. The van der Waals surface area contributed by atoms with Crippen LogP contribution in [0.15, 0.2) is 11.6 Å². The molecule has 6 heteroatoms. The first-order valence-electron chi connectivity index (χ1n) is 5.89. The molecule has 0 spiro atoms. The molecule has 17 heavy (non-hydrogen) atoms. The van der Waals surface area contributed by atoms with Gasteiger partial charge < -0.3 is 11.1 Å². The van der Waals surface area contributed by atoms with Crippen LogP contribution in [0, 0.1) is 5.92 Å². The molecule has 1 atom stereocenters. The molecule has 2 rings (SSSR count). The first-order chi connectivity index (χ1) is 8.28. The van der Waals surface area contributed by atoms with Crippen molar-refractivity contribution in [3.05, 3.63) is 11.6 Å². The summed E-state index contributed by atoms with van der Waals surface area (Å²) in [4.78, 5) is 18.0. The molecule has 0 aromatic carbocycles. The molecule has 1 fully saturated rings. The number of anilines is 1. The second-order valence-electron chi connectivity index (χ2n) is 4.36. The molecule has 0 saturated carbocycles. The summed E-state index contributed by atoms with van der Waals surface area (Å²) >= 11 is 1.44. The Labute approximate surface area is 105 Å². The highest BCUT2D eigenvalue weighted by Crippen LogP contribution is 2.15. The van der Waals surface area contributed by atoms with Crippen molar-refractivity contribution in [2.45, 2.75) is 12.8 Å². The first-order valence-corrected chi connectivity index (χ1v) is 6.77. The molecule has 0 aliphatic carbocycles. The minimum atomic E-state index is 0.0117. The van der Waals surface area contributed by atoms with E-state index in [2.05, 4.69) is 15.2 Å². The summed E-state index contributed by atoms with van der Waals surface area (Å²) in [6.45, 7) is 3.07. The molecule has 1 aromatic rings. The zero-order chi connectivity index (χ0) is 12.1. The van der Waals surface area contributed by atoms with Crippen LogP contribution in [0.1, 0.15) is 12.8 Å². The van der Waals surface area contributed by atoms with Gasteiger partial charge in [-0.2, -0.15) is 0 Å². The number of nitrogens with zero attached hydrogens (tertiary/aromatic N) is 2. The van der Waals surface area contributed by atoms with Crippen molar-refractivity contribution in [1.29, 1.82) is 0 Å². The molecule has 1 aliphatic heterocycles. The lowest BCUT2D eigenvalue weighted by Gasteiger charge is -2.31. The predicted octanol–water partition coefficient (Wildman–Crippen LogP) is 0.752. The zero-order valence-electron chi connectivity index (χ0n) is 9.76. The van der Waals surface area contributed by atoms with Crippen LogP contribution in [-0.4, -0.2) is 42.0 Å². The summed E-state index contributed by atoms with van der Waals surface area (Å²) in [6.07, 6.45) is 4.00. The van der Waals surface area contributed by atoms with Crippen LogP contribution in [-0.2, 0) is 4.79 Å². The monoisotopic (exact) mass is 254 g/mol. The van der Waals surface area contributed by atoms with Gasteiger partial charge >= 0.3 is 0 Å². The number of amides is 1. The van der Waals surface area contributed by atoms with E-state index in [0.717, 1.165) is 19.5 Å². The van der Waals surface area contributed by atoms with E-state index in [1.165, 1.54) is 17.8 Å².